The molecule has 0 aliphatic heterocycles. The summed E-state index contributed by atoms with van der Waals surface area (Å²) in [7, 11) is 0. The average Bonchev–Trinajstić information content (AvgIpc) is 3.04. The summed E-state index contributed by atoms with van der Waals surface area (Å²) < 4.78 is 12.9. The predicted molar refractivity (Wildman–Crippen MR) is 100 cm³/mol. The number of hydrogen-bond acceptors (Lipinski definition) is 5. The lowest BCUT2D eigenvalue weighted by Gasteiger charge is -2.05. The van der Waals surface area contributed by atoms with Gasteiger partial charge in [-0.2, -0.15) is 0 Å². The van der Waals surface area contributed by atoms with Gasteiger partial charge in [0.2, 0.25) is 5.91 Å². The Kier molecular flexibility index (Phi) is 5.23. The number of nitrogens with one attached hydrogen (secondary N) is 3. The number of rotatable bonds is 5. The molecule has 1 heterocycles. The van der Waals surface area contributed by atoms with Crippen molar-refractivity contribution in [3.8, 4) is 0 Å². The van der Waals surface area contributed by atoms with Gasteiger partial charge in [0.25, 0.3) is 5.91 Å². The zero-order valence-corrected chi connectivity index (χ0v) is 14.6. The average molecular weight is 370 g/mol. The van der Waals surface area contributed by atoms with Crippen molar-refractivity contribution in [3.05, 3.63) is 66.1 Å². The number of benzene rings is 2. The van der Waals surface area contributed by atoms with E-state index in [1.165, 1.54) is 30.4 Å². The molecule has 0 aliphatic carbocycles. The van der Waals surface area contributed by atoms with Crippen LogP contribution in [0.4, 0.5) is 25.9 Å². The van der Waals surface area contributed by atoms with E-state index in [4.69, 9.17) is 0 Å². The third kappa shape index (κ3) is 4.64. The molecule has 2 amide bonds. The molecule has 0 radical (unpaired) electrons. The second-order valence-corrected chi connectivity index (χ2v) is 6.40. The van der Waals surface area contributed by atoms with Gasteiger partial charge in [-0.1, -0.05) is 11.3 Å². The first-order chi connectivity index (χ1) is 12.5. The molecule has 0 saturated heterocycles. The summed E-state index contributed by atoms with van der Waals surface area (Å²) in [5.41, 5.74) is 1.78. The number of thiazole rings is 1. The molecule has 3 aromatic rings. The summed E-state index contributed by atoms with van der Waals surface area (Å²) in [6.07, 6.45) is 1.54. The van der Waals surface area contributed by atoms with Crippen LogP contribution in [0.25, 0.3) is 0 Å². The summed E-state index contributed by atoms with van der Waals surface area (Å²) in [6.45, 7) is 1.42. The number of nitrogens with zero attached hydrogens (tertiary/aromatic N) is 1. The number of anilines is 4. The van der Waals surface area contributed by atoms with Gasteiger partial charge in [-0.15, -0.1) is 0 Å². The topological polar surface area (TPSA) is 83.1 Å². The van der Waals surface area contributed by atoms with Gasteiger partial charge >= 0.3 is 0 Å². The molecular weight excluding hydrogens is 355 g/mol. The lowest BCUT2D eigenvalue weighted by molar-refractivity contribution is -0.114. The number of aromatic nitrogens is 1. The molecule has 132 valence electrons. The Morgan fingerprint density at radius 3 is 2.27 bits per heavy atom. The van der Waals surface area contributed by atoms with Gasteiger partial charge in [0.15, 0.2) is 5.13 Å². The van der Waals surface area contributed by atoms with E-state index in [9.17, 15) is 14.0 Å². The molecule has 0 fully saturated rings. The molecule has 3 N–H and O–H groups in total. The molecule has 3 rings (SSSR count). The number of halogens is 1. The van der Waals surface area contributed by atoms with Crippen LogP contribution in [0.15, 0.2) is 54.7 Å². The van der Waals surface area contributed by atoms with Crippen molar-refractivity contribution in [1.82, 2.24) is 4.98 Å². The molecule has 0 saturated carbocycles. The maximum absolute atomic E-state index is 12.9. The summed E-state index contributed by atoms with van der Waals surface area (Å²) in [5.74, 6) is -0.767. The highest BCUT2D eigenvalue weighted by Gasteiger charge is 2.09. The quantitative estimate of drug-likeness (QED) is 0.627. The zero-order valence-electron chi connectivity index (χ0n) is 13.7. The van der Waals surface area contributed by atoms with E-state index in [-0.39, 0.29) is 17.6 Å². The minimum absolute atomic E-state index is 0.173. The van der Waals surface area contributed by atoms with Gasteiger partial charge in [-0.05, 0) is 48.5 Å². The van der Waals surface area contributed by atoms with Gasteiger partial charge < -0.3 is 16.0 Å². The van der Waals surface area contributed by atoms with Crippen LogP contribution in [0.5, 0.6) is 0 Å². The zero-order chi connectivity index (χ0) is 18.5. The fourth-order valence-electron chi connectivity index (χ4n) is 2.14. The van der Waals surface area contributed by atoms with Crippen LogP contribution in [0.3, 0.4) is 0 Å². The van der Waals surface area contributed by atoms with Crippen LogP contribution in [-0.4, -0.2) is 16.8 Å². The van der Waals surface area contributed by atoms with Gasteiger partial charge in [0.1, 0.15) is 10.8 Å². The normalized spacial score (nSPS) is 10.2. The van der Waals surface area contributed by atoms with Crippen molar-refractivity contribution >= 4 is 44.7 Å². The molecule has 0 unspecified atom stereocenters. The van der Waals surface area contributed by atoms with E-state index >= 15 is 0 Å². The van der Waals surface area contributed by atoms with E-state index < -0.39 is 0 Å². The number of carbonyl (C=O) groups excluding carboxylic acids is 2. The van der Waals surface area contributed by atoms with E-state index in [0.29, 0.717) is 27.1 Å². The number of amides is 2. The Bertz CT molecular complexity index is 923. The van der Waals surface area contributed by atoms with Crippen LogP contribution in [-0.2, 0) is 4.79 Å². The highest BCUT2D eigenvalue weighted by molar-refractivity contribution is 7.19. The standard InChI is InChI=1S/C18H15FN4O2S/c1-11(24)21-14-6-2-12(3-7-14)17(25)23-16-10-20-18(26-16)22-15-8-4-13(19)5-9-15/h2-10H,1H3,(H,20,22)(H,21,24)(H,23,25). The second-order valence-electron chi connectivity index (χ2n) is 5.37. The Labute approximate surface area is 153 Å². The first-order valence-electron chi connectivity index (χ1n) is 7.67. The van der Waals surface area contributed by atoms with Crippen molar-refractivity contribution in [3.63, 3.8) is 0 Å². The van der Waals surface area contributed by atoms with Crippen LogP contribution in [0, 0.1) is 5.82 Å². The van der Waals surface area contributed by atoms with E-state index in [0.717, 1.165) is 0 Å². The van der Waals surface area contributed by atoms with Crippen molar-refractivity contribution in [2.24, 2.45) is 0 Å². The van der Waals surface area contributed by atoms with Crippen LogP contribution in [0.2, 0.25) is 0 Å². The fourth-order valence-corrected chi connectivity index (χ4v) is 2.87. The van der Waals surface area contributed by atoms with Crippen molar-refractivity contribution in [1.29, 1.82) is 0 Å². The molecule has 0 spiro atoms. The Morgan fingerprint density at radius 1 is 0.962 bits per heavy atom. The molecule has 0 atom stereocenters. The van der Waals surface area contributed by atoms with Gasteiger partial charge in [0.05, 0.1) is 6.20 Å². The highest BCUT2D eigenvalue weighted by Crippen LogP contribution is 2.26. The molecule has 1 aromatic heterocycles. The van der Waals surface area contributed by atoms with Gasteiger partial charge in [-0.25, -0.2) is 9.37 Å². The molecule has 2 aromatic carbocycles. The lowest BCUT2D eigenvalue weighted by Crippen LogP contribution is -2.11. The van der Waals surface area contributed by atoms with E-state index in [2.05, 4.69) is 20.9 Å². The maximum Gasteiger partial charge on any atom is 0.256 e. The van der Waals surface area contributed by atoms with Gasteiger partial charge in [0, 0.05) is 23.9 Å². The van der Waals surface area contributed by atoms with E-state index in [1.807, 2.05) is 0 Å². The second kappa shape index (κ2) is 7.75. The smallest absolute Gasteiger partial charge is 0.256 e. The molecule has 0 aliphatic rings. The molecule has 26 heavy (non-hydrogen) atoms. The summed E-state index contributed by atoms with van der Waals surface area (Å²) in [6, 6.07) is 12.5. The van der Waals surface area contributed by atoms with Crippen molar-refractivity contribution < 1.29 is 14.0 Å². The van der Waals surface area contributed by atoms with Crippen molar-refractivity contribution in [2.45, 2.75) is 6.92 Å². The van der Waals surface area contributed by atoms with E-state index in [1.54, 1.807) is 42.6 Å². The largest absolute Gasteiger partial charge is 0.331 e. The minimum Gasteiger partial charge on any atom is -0.331 e. The van der Waals surface area contributed by atoms with Crippen LogP contribution in [0.1, 0.15) is 17.3 Å². The summed E-state index contributed by atoms with van der Waals surface area (Å²) in [4.78, 5) is 27.5. The first kappa shape index (κ1) is 17.6. The first-order valence-corrected chi connectivity index (χ1v) is 8.49. The van der Waals surface area contributed by atoms with Gasteiger partial charge in [-0.3, -0.25) is 9.59 Å². The maximum atomic E-state index is 12.9. The van der Waals surface area contributed by atoms with Crippen molar-refractivity contribution in [2.75, 3.05) is 16.0 Å². The third-order valence-electron chi connectivity index (χ3n) is 3.31. The molecule has 6 nitrogen and oxygen atoms in total. The molecular formula is C18H15FN4O2S. The van der Waals surface area contributed by atoms with Crippen LogP contribution >= 0.6 is 11.3 Å². The molecule has 8 heteroatoms. The number of carbonyl (C=O) groups is 2. The highest BCUT2D eigenvalue weighted by atomic mass is 32.1. The predicted octanol–water partition coefficient (Wildman–Crippen LogP) is 4.24. The number of hydrogen-bond donors (Lipinski definition) is 3. The Balaban J connectivity index is 1.62. The lowest BCUT2D eigenvalue weighted by atomic mass is 10.2. The molecule has 0 bridgehead atoms. The minimum atomic E-state index is -0.313. The summed E-state index contributed by atoms with van der Waals surface area (Å²) in [5, 5.41) is 9.59. The SMILES string of the molecule is CC(=O)Nc1ccc(C(=O)Nc2cnc(Nc3ccc(F)cc3)s2)cc1. The Hall–Kier alpha value is -3.26. The van der Waals surface area contributed by atoms with Crippen LogP contribution < -0.4 is 16.0 Å². The Morgan fingerprint density at radius 2 is 1.62 bits per heavy atom. The third-order valence-corrected chi connectivity index (χ3v) is 4.13. The fraction of sp³-hybridized carbons (Fsp3) is 0.0556. The summed E-state index contributed by atoms with van der Waals surface area (Å²) >= 11 is 1.26. The monoisotopic (exact) mass is 370 g/mol.